The van der Waals surface area contributed by atoms with Crippen LogP contribution in [0.1, 0.15) is 76.7 Å². The summed E-state index contributed by atoms with van der Waals surface area (Å²) < 4.78 is 0. The van der Waals surface area contributed by atoms with Crippen molar-refractivity contribution in [2.24, 2.45) is 23.7 Å². The third kappa shape index (κ3) is 18.3. The summed E-state index contributed by atoms with van der Waals surface area (Å²) in [5, 5.41) is 0. The summed E-state index contributed by atoms with van der Waals surface area (Å²) in [6, 6.07) is 0. The molecule has 17 heavy (non-hydrogen) atoms. The predicted octanol–water partition coefficient (Wildman–Crippen LogP) is 6.82. The molecule has 0 spiro atoms. The molecule has 0 bridgehead atoms. The molecule has 108 valence electrons. The van der Waals surface area contributed by atoms with Crippen LogP contribution in [-0.2, 0) is 0 Å². The Kier molecular flexibility index (Phi) is 20.7. The van der Waals surface area contributed by atoms with Crippen LogP contribution in [0.4, 0.5) is 0 Å². The molecule has 0 nitrogen and oxygen atoms in total. The van der Waals surface area contributed by atoms with Crippen LogP contribution in [0.15, 0.2) is 12.2 Å². The molecule has 2 saturated carbocycles. The van der Waals surface area contributed by atoms with Crippen molar-refractivity contribution in [1.29, 1.82) is 0 Å². The molecule has 0 aromatic rings. The van der Waals surface area contributed by atoms with Gasteiger partial charge in [-0.2, -0.15) is 0 Å². The maximum Gasteiger partial charge on any atom is -0.0414 e. The summed E-state index contributed by atoms with van der Waals surface area (Å²) in [7, 11) is 0. The number of rotatable bonds is 0. The molecule has 2 aliphatic carbocycles. The van der Waals surface area contributed by atoms with Crippen LogP contribution in [0, 0.1) is 23.7 Å². The van der Waals surface area contributed by atoms with Gasteiger partial charge in [0.2, 0.25) is 0 Å². The van der Waals surface area contributed by atoms with E-state index < -0.39 is 0 Å². The summed E-state index contributed by atoms with van der Waals surface area (Å²) in [6.07, 6.45) is 6.94. The van der Waals surface area contributed by atoms with E-state index in [1.54, 1.807) is 0 Å². The molecule has 0 aromatic carbocycles. The fourth-order valence-corrected chi connectivity index (χ4v) is 1.02. The number of allylic oxidation sites excluding steroid dienone is 2. The Bertz CT molecular complexity index is 127. The quantitative estimate of drug-likeness (QED) is 0.410. The first-order valence-electron chi connectivity index (χ1n) is 6.10. The zero-order valence-electron chi connectivity index (χ0n) is 10.9. The molecule has 0 amide bonds. The van der Waals surface area contributed by atoms with E-state index in [9.17, 15) is 0 Å². The van der Waals surface area contributed by atoms with Gasteiger partial charge in [-0.05, 0) is 50.4 Å². The lowest BCUT2D eigenvalue weighted by atomic mass is 10.4. The van der Waals surface area contributed by atoms with Gasteiger partial charge in [-0.1, -0.05) is 62.1 Å². The largest absolute Gasteiger partial charge is 0.0919 e. The van der Waals surface area contributed by atoms with Gasteiger partial charge in [-0.3, -0.25) is 0 Å². The van der Waals surface area contributed by atoms with E-state index in [-0.39, 0.29) is 22.3 Å². The molecule has 0 N–H and O–H groups in total. The van der Waals surface area contributed by atoms with Crippen molar-refractivity contribution in [3.8, 4) is 0 Å². The van der Waals surface area contributed by atoms with Crippen molar-refractivity contribution in [3.05, 3.63) is 12.2 Å². The van der Waals surface area contributed by atoms with E-state index in [0.717, 1.165) is 23.7 Å². The predicted molar refractivity (Wildman–Crippen MR) is 86.6 cm³/mol. The van der Waals surface area contributed by atoms with Crippen LogP contribution in [0.2, 0.25) is 0 Å². The van der Waals surface area contributed by atoms with Gasteiger partial charge in [-0.15, -0.1) is 0 Å². The molecule has 4 unspecified atom stereocenters. The monoisotopic (exact) mass is 244 g/mol. The van der Waals surface area contributed by atoms with Gasteiger partial charge in [0.25, 0.3) is 0 Å². The van der Waals surface area contributed by atoms with E-state index in [2.05, 4.69) is 27.7 Å². The molecule has 0 heteroatoms. The van der Waals surface area contributed by atoms with Gasteiger partial charge in [0.15, 0.2) is 0 Å². The van der Waals surface area contributed by atoms with Crippen molar-refractivity contribution in [1.82, 2.24) is 0 Å². The highest BCUT2D eigenvalue weighted by Gasteiger charge is 2.26. The number of hydrogen-bond acceptors (Lipinski definition) is 0. The van der Waals surface area contributed by atoms with Gasteiger partial charge < -0.3 is 0 Å². The Balaban J connectivity index is -0.0000000692. The van der Waals surface area contributed by atoms with E-state index in [1.165, 1.54) is 12.8 Å². The minimum absolute atomic E-state index is 0. The fraction of sp³-hybridized carbons (Fsp3) is 0.882. The Morgan fingerprint density at radius 1 is 0.588 bits per heavy atom. The van der Waals surface area contributed by atoms with Crippen LogP contribution >= 0.6 is 0 Å². The lowest BCUT2D eigenvalue weighted by Gasteiger charge is -1.66. The highest BCUT2D eigenvalue weighted by atomic mass is 14.3. The number of hydrogen-bond donors (Lipinski definition) is 0. The first-order valence-corrected chi connectivity index (χ1v) is 6.10. The average molecular weight is 245 g/mol. The minimum atomic E-state index is 0. The van der Waals surface area contributed by atoms with Gasteiger partial charge in [0.05, 0.1) is 0 Å². The second kappa shape index (κ2) is 13.8. The fourth-order valence-electron chi connectivity index (χ4n) is 1.02. The maximum absolute atomic E-state index is 2.30. The Morgan fingerprint density at radius 3 is 0.706 bits per heavy atom. The van der Waals surface area contributed by atoms with Crippen LogP contribution in [0.3, 0.4) is 0 Å². The van der Waals surface area contributed by atoms with E-state index in [4.69, 9.17) is 0 Å². The normalized spacial score (nSPS) is 31.2. The topological polar surface area (TPSA) is 0 Å². The highest BCUT2D eigenvalue weighted by molar-refractivity contribution is 4.77. The van der Waals surface area contributed by atoms with Gasteiger partial charge in [-0.25, -0.2) is 0 Å². The van der Waals surface area contributed by atoms with Crippen LogP contribution in [0.5, 0.6) is 0 Å². The van der Waals surface area contributed by atoms with Crippen molar-refractivity contribution in [3.63, 3.8) is 0 Å². The summed E-state index contributed by atoms with van der Waals surface area (Å²) in [6.45, 7) is 13.2. The Hall–Kier alpha value is -0.260. The summed E-state index contributed by atoms with van der Waals surface area (Å²) in [4.78, 5) is 0. The second-order valence-corrected chi connectivity index (χ2v) is 5.05. The van der Waals surface area contributed by atoms with E-state index in [1.807, 2.05) is 26.0 Å². The summed E-state index contributed by atoms with van der Waals surface area (Å²) >= 11 is 0. The van der Waals surface area contributed by atoms with Crippen LogP contribution in [0.25, 0.3) is 0 Å². The SMILES string of the molecule is C.C.C.C/C=C\C.CC1CC1C.CC1CC1C. The molecule has 0 aliphatic heterocycles. The molecular weight excluding hydrogens is 204 g/mol. The summed E-state index contributed by atoms with van der Waals surface area (Å²) in [5.74, 6) is 4.20. The zero-order chi connectivity index (χ0) is 11.1. The zero-order valence-corrected chi connectivity index (χ0v) is 10.9. The van der Waals surface area contributed by atoms with Crippen molar-refractivity contribution in [2.45, 2.75) is 76.7 Å². The molecule has 2 rings (SSSR count). The highest BCUT2D eigenvalue weighted by Crippen LogP contribution is 2.36. The molecule has 0 radical (unpaired) electrons. The smallest absolute Gasteiger partial charge is 0.0414 e. The van der Waals surface area contributed by atoms with Gasteiger partial charge >= 0.3 is 0 Å². The molecule has 0 saturated heterocycles. The third-order valence-electron chi connectivity index (χ3n) is 3.36. The first-order chi connectivity index (χ1) is 6.52. The van der Waals surface area contributed by atoms with Crippen molar-refractivity contribution >= 4 is 0 Å². The van der Waals surface area contributed by atoms with E-state index >= 15 is 0 Å². The van der Waals surface area contributed by atoms with Crippen molar-refractivity contribution in [2.75, 3.05) is 0 Å². The molecular formula is C17H40. The lowest BCUT2D eigenvalue weighted by Crippen LogP contribution is -1.58. The van der Waals surface area contributed by atoms with E-state index in [0.29, 0.717) is 0 Å². The van der Waals surface area contributed by atoms with Crippen molar-refractivity contribution < 1.29 is 0 Å². The third-order valence-corrected chi connectivity index (χ3v) is 3.36. The Morgan fingerprint density at radius 2 is 0.706 bits per heavy atom. The minimum Gasteiger partial charge on any atom is -0.0919 e. The molecule has 0 aromatic heterocycles. The first kappa shape index (κ1) is 25.6. The Labute approximate surface area is 113 Å². The maximum atomic E-state index is 2.30. The standard InChI is InChI=1S/2C5H10.C4H8.3CH4/c2*1-4-3-5(4)2;1-3-4-2;;;/h2*4-5H,3H2,1-2H3;3-4H,1-2H3;3*1H4/b;;4-3-;;;. The lowest BCUT2D eigenvalue weighted by molar-refractivity contribution is 0.834. The van der Waals surface area contributed by atoms with Gasteiger partial charge in [0, 0.05) is 0 Å². The molecule has 4 atom stereocenters. The van der Waals surface area contributed by atoms with Crippen LogP contribution in [-0.4, -0.2) is 0 Å². The van der Waals surface area contributed by atoms with Gasteiger partial charge in [0.1, 0.15) is 0 Å². The average Bonchev–Trinajstić information content (AvgIpc) is 2.99. The molecule has 2 fully saturated rings. The summed E-state index contributed by atoms with van der Waals surface area (Å²) in [5.41, 5.74) is 0. The van der Waals surface area contributed by atoms with Crippen LogP contribution < -0.4 is 0 Å². The molecule has 0 heterocycles. The second-order valence-electron chi connectivity index (χ2n) is 5.05. The molecule has 2 aliphatic rings.